The number of carbonyl (C=O) groups excluding carboxylic acids is 4. The number of carbonyl (C=O) groups is 4. The van der Waals surface area contributed by atoms with E-state index in [-0.39, 0.29) is 36.6 Å². The predicted octanol–water partition coefficient (Wildman–Crippen LogP) is 1.98. The monoisotopic (exact) mass is 419 g/mol. The lowest BCUT2D eigenvalue weighted by atomic mass is 10.1. The van der Waals surface area contributed by atoms with Crippen LogP contribution in [0, 0.1) is 0 Å². The molecular formula is C24H25N3O4. The first-order valence-electron chi connectivity index (χ1n) is 10.6. The van der Waals surface area contributed by atoms with E-state index >= 15 is 0 Å². The molecule has 0 saturated carbocycles. The summed E-state index contributed by atoms with van der Waals surface area (Å²) in [5.41, 5.74) is 1.84. The molecule has 4 amide bonds. The molecule has 0 bridgehead atoms. The second-order valence-corrected chi connectivity index (χ2v) is 7.84. The van der Waals surface area contributed by atoms with Gasteiger partial charge in [-0.1, -0.05) is 42.5 Å². The lowest BCUT2D eigenvalue weighted by Crippen LogP contribution is -2.51. The molecule has 0 N–H and O–H groups in total. The van der Waals surface area contributed by atoms with E-state index in [2.05, 4.69) is 0 Å². The molecule has 7 heteroatoms. The number of hydrogen-bond donors (Lipinski definition) is 0. The molecule has 0 atom stereocenters. The van der Waals surface area contributed by atoms with Gasteiger partial charge in [0.2, 0.25) is 11.8 Å². The van der Waals surface area contributed by atoms with Gasteiger partial charge >= 0.3 is 0 Å². The molecule has 4 rings (SSSR count). The summed E-state index contributed by atoms with van der Waals surface area (Å²) in [6.45, 7) is 2.29. The van der Waals surface area contributed by atoms with Crippen LogP contribution in [0.15, 0.2) is 54.6 Å². The van der Waals surface area contributed by atoms with Crippen LogP contribution in [-0.2, 0) is 16.0 Å². The highest BCUT2D eigenvalue weighted by Crippen LogP contribution is 2.22. The normalized spacial score (nSPS) is 15.9. The first kappa shape index (κ1) is 20.8. The van der Waals surface area contributed by atoms with Crippen LogP contribution in [0.1, 0.15) is 39.1 Å². The second-order valence-electron chi connectivity index (χ2n) is 7.84. The van der Waals surface area contributed by atoms with Gasteiger partial charge in [-0.15, -0.1) is 0 Å². The molecule has 2 aliphatic heterocycles. The van der Waals surface area contributed by atoms with Crippen molar-refractivity contribution in [2.75, 3.05) is 32.7 Å². The van der Waals surface area contributed by atoms with Gasteiger partial charge in [0.1, 0.15) is 0 Å². The smallest absolute Gasteiger partial charge is 0.261 e. The molecular weight excluding hydrogens is 394 g/mol. The summed E-state index contributed by atoms with van der Waals surface area (Å²) in [6.07, 6.45) is 1.07. The largest absolute Gasteiger partial charge is 0.339 e. The average molecular weight is 419 g/mol. The van der Waals surface area contributed by atoms with Crippen LogP contribution in [0.2, 0.25) is 0 Å². The summed E-state index contributed by atoms with van der Waals surface area (Å²) in [6, 6.07) is 16.4. The van der Waals surface area contributed by atoms with Crippen molar-refractivity contribution >= 4 is 23.6 Å². The van der Waals surface area contributed by atoms with E-state index < -0.39 is 0 Å². The zero-order valence-electron chi connectivity index (χ0n) is 17.3. The Bertz CT molecular complexity index is 962. The molecule has 0 radical (unpaired) electrons. The fraction of sp³-hybridized carbons (Fsp3) is 0.333. The Morgan fingerprint density at radius 1 is 0.710 bits per heavy atom. The molecule has 2 aliphatic rings. The van der Waals surface area contributed by atoms with Gasteiger partial charge in [-0.05, 0) is 24.1 Å². The van der Waals surface area contributed by atoms with Gasteiger partial charge in [0, 0.05) is 39.1 Å². The number of amides is 4. The van der Waals surface area contributed by atoms with Crippen LogP contribution in [0.3, 0.4) is 0 Å². The summed E-state index contributed by atoms with van der Waals surface area (Å²) >= 11 is 0. The van der Waals surface area contributed by atoms with E-state index in [9.17, 15) is 19.2 Å². The van der Waals surface area contributed by atoms with Crippen molar-refractivity contribution in [2.24, 2.45) is 0 Å². The Morgan fingerprint density at radius 2 is 1.23 bits per heavy atom. The van der Waals surface area contributed by atoms with Crippen LogP contribution < -0.4 is 0 Å². The average Bonchev–Trinajstić information content (AvgIpc) is 3.05. The van der Waals surface area contributed by atoms with Crippen molar-refractivity contribution in [2.45, 2.75) is 19.3 Å². The van der Waals surface area contributed by atoms with E-state index in [4.69, 9.17) is 0 Å². The van der Waals surface area contributed by atoms with Crippen molar-refractivity contribution in [3.63, 3.8) is 0 Å². The van der Waals surface area contributed by atoms with Crippen molar-refractivity contribution in [3.8, 4) is 0 Å². The zero-order valence-corrected chi connectivity index (χ0v) is 17.3. The van der Waals surface area contributed by atoms with Crippen molar-refractivity contribution < 1.29 is 19.2 Å². The quantitative estimate of drug-likeness (QED) is 0.671. The second kappa shape index (κ2) is 9.12. The van der Waals surface area contributed by atoms with Gasteiger partial charge in [-0.25, -0.2) is 0 Å². The summed E-state index contributed by atoms with van der Waals surface area (Å²) < 4.78 is 0. The summed E-state index contributed by atoms with van der Waals surface area (Å²) in [5.74, 6) is -0.520. The maximum absolute atomic E-state index is 12.6. The summed E-state index contributed by atoms with van der Waals surface area (Å²) in [7, 11) is 0. The SMILES string of the molecule is O=C(CCCN1C(=O)c2ccccc2C1=O)N1CCN(C(=O)Cc2ccccc2)CC1. The summed E-state index contributed by atoms with van der Waals surface area (Å²) in [5, 5.41) is 0. The van der Waals surface area contributed by atoms with E-state index in [0.717, 1.165) is 5.56 Å². The van der Waals surface area contributed by atoms with Crippen molar-refractivity contribution in [3.05, 3.63) is 71.3 Å². The molecule has 7 nitrogen and oxygen atoms in total. The molecule has 0 spiro atoms. The molecule has 0 aromatic heterocycles. The number of piperazine rings is 1. The topological polar surface area (TPSA) is 78.0 Å². The predicted molar refractivity (Wildman–Crippen MR) is 114 cm³/mol. The van der Waals surface area contributed by atoms with Gasteiger partial charge in [0.25, 0.3) is 11.8 Å². The highest BCUT2D eigenvalue weighted by molar-refractivity contribution is 6.21. The number of benzene rings is 2. The molecule has 2 aromatic rings. The molecule has 2 aromatic carbocycles. The minimum atomic E-state index is -0.293. The third-order valence-corrected chi connectivity index (χ3v) is 5.83. The van der Waals surface area contributed by atoms with Crippen LogP contribution in [-0.4, -0.2) is 71.1 Å². The first-order chi connectivity index (χ1) is 15.0. The Morgan fingerprint density at radius 3 is 1.81 bits per heavy atom. The highest BCUT2D eigenvalue weighted by atomic mass is 16.2. The number of fused-ring (bicyclic) bond motifs is 1. The molecule has 2 heterocycles. The van der Waals surface area contributed by atoms with Gasteiger partial charge in [-0.2, -0.15) is 0 Å². The van der Waals surface area contributed by atoms with Crippen LogP contribution in [0.5, 0.6) is 0 Å². The van der Waals surface area contributed by atoms with Crippen LogP contribution in [0.25, 0.3) is 0 Å². The van der Waals surface area contributed by atoms with Crippen molar-refractivity contribution in [1.82, 2.24) is 14.7 Å². The third-order valence-electron chi connectivity index (χ3n) is 5.83. The first-order valence-corrected chi connectivity index (χ1v) is 10.6. The molecule has 0 aliphatic carbocycles. The van der Waals surface area contributed by atoms with Gasteiger partial charge in [0.05, 0.1) is 17.5 Å². The van der Waals surface area contributed by atoms with Gasteiger partial charge < -0.3 is 9.80 Å². The minimum absolute atomic E-state index is 0.00762. The maximum atomic E-state index is 12.6. The van der Waals surface area contributed by atoms with Crippen LogP contribution >= 0.6 is 0 Å². The number of imide groups is 1. The maximum Gasteiger partial charge on any atom is 0.261 e. The van der Waals surface area contributed by atoms with Gasteiger partial charge in [-0.3, -0.25) is 24.1 Å². The Kier molecular flexibility index (Phi) is 6.11. The van der Waals surface area contributed by atoms with E-state index in [1.807, 2.05) is 30.3 Å². The summed E-state index contributed by atoms with van der Waals surface area (Å²) in [4.78, 5) is 54.6. The zero-order chi connectivity index (χ0) is 21.8. The fourth-order valence-electron chi connectivity index (χ4n) is 4.08. The fourth-order valence-corrected chi connectivity index (χ4v) is 4.08. The number of rotatable bonds is 6. The molecule has 1 saturated heterocycles. The van der Waals surface area contributed by atoms with E-state index in [1.165, 1.54) is 4.90 Å². The Labute approximate surface area is 181 Å². The van der Waals surface area contributed by atoms with E-state index in [0.29, 0.717) is 50.1 Å². The molecule has 0 unspecified atom stereocenters. The highest BCUT2D eigenvalue weighted by Gasteiger charge is 2.34. The Hall–Kier alpha value is -3.48. The standard InChI is InChI=1S/C24H25N3O4/c28-21(11-6-12-27-23(30)19-9-4-5-10-20(19)24(27)31)25-13-15-26(16-14-25)22(29)17-18-7-2-1-3-8-18/h1-5,7-10H,6,11-17H2. The van der Waals surface area contributed by atoms with Crippen molar-refractivity contribution in [1.29, 1.82) is 0 Å². The molecule has 31 heavy (non-hydrogen) atoms. The third kappa shape index (κ3) is 4.50. The van der Waals surface area contributed by atoms with Crippen LogP contribution in [0.4, 0.5) is 0 Å². The molecule has 160 valence electrons. The molecule has 1 fully saturated rings. The Balaban J connectivity index is 1.21. The lowest BCUT2D eigenvalue weighted by molar-refractivity contribution is -0.139. The minimum Gasteiger partial charge on any atom is -0.339 e. The van der Waals surface area contributed by atoms with Gasteiger partial charge in [0.15, 0.2) is 0 Å². The van der Waals surface area contributed by atoms with E-state index in [1.54, 1.807) is 34.1 Å². The number of hydrogen-bond acceptors (Lipinski definition) is 4. The number of nitrogens with zero attached hydrogens (tertiary/aromatic N) is 3. The lowest BCUT2D eigenvalue weighted by Gasteiger charge is -2.35.